The van der Waals surface area contributed by atoms with E-state index in [0.717, 1.165) is 16.4 Å². The van der Waals surface area contributed by atoms with Crippen LogP contribution in [0, 0.1) is 6.92 Å². The first kappa shape index (κ1) is 11.5. The van der Waals surface area contributed by atoms with Crippen LogP contribution in [0.25, 0.3) is 0 Å². The Hall–Kier alpha value is -1.55. The van der Waals surface area contributed by atoms with Crippen LogP contribution in [-0.2, 0) is 9.63 Å². The van der Waals surface area contributed by atoms with E-state index in [4.69, 9.17) is 9.57 Å². The molecule has 82 valence electrons. The van der Waals surface area contributed by atoms with Gasteiger partial charge in [0.1, 0.15) is 5.75 Å². The fourth-order valence-electron chi connectivity index (χ4n) is 1.05. The van der Waals surface area contributed by atoms with Gasteiger partial charge in [0.25, 0.3) is 5.91 Å². The molecule has 0 N–H and O–H groups in total. The third-order valence-corrected chi connectivity index (χ3v) is 2.07. The molecule has 4 nitrogen and oxygen atoms in total. The summed E-state index contributed by atoms with van der Waals surface area (Å²) < 4.78 is 5.35. The lowest BCUT2D eigenvalue weighted by Crippen LogP contribution is -2.30. The zero-order chi connectivity index (χ0) is 11.3. The minimum absolute atomic E-state index is 0.0187. The number of ether oxygens (including phenoxy) is 1. The molecule has 0 spiro atoms. The Labute approximate surface area is 89.4 Å². The number of hydroxylamine groups is 2. The number of nitrogens with zero attached hydrogens (tertiary/aromatic N) is 1. The van der Waals surface area contributed by atoms with Crippen molar-refractivity contribution >= 4 is 5.91 Å². The second-order valence-corrected chi connectivity index (χ2v) is 3.13. The third kappa shape index (κ3) is 3.25. The van der Waals surface area contributed by atoms with E-state index in [1.807, 2.05) is 31.2 Å². The Morgan fingerprint density at radius 1 is 1.40 bits per heavy atom. The molecular weight excluding hydrogens is 194 g/mol. The maximum atomic E-state index is 11.3. The molecule has 1 aromatic carbocycles. The van der Waals surface area contributed by atoms with Crippen molar-refractivity contribution in [3.63, 3.8) is 0 Å². The molecule has 4 heteroatoms. The molecular formula is C11H15NO3. The number of para-hydroxylation sites is 1. The number of amides is 1. The first-order valence-corrected chi connectivity index (χ1v) is 4.64. The van der Waals surface area contributed by atoms with Crippen LogP contribution in [0.1, 0.15) is 5.56 Å². The first-order valence-electron chi connectivity index (χ1n) is 4.64. The van der Waals surface area contributed by atoms with Gasteiger partial charge in [0.15, 0.2) is 6.61 Å². The molecule has 0 saturated heterocycles. The smallest absolute Gasteiger partial charge is 0.283 e. The Morgan fingerprint density at radius 3 is 2.67 bits per heavy atom. The standard InChI is InChI=1S/C11H15NO3/c1-9-6-4-5-7-10(9)15-8-11(13)12(2)14-3/h4-7H,8H2,1-3H3. The number of hydrogen-bond donors (Lipinski definition) is 0. The molecule has 0 atom stereocenters. The van der Waals surface area contributed by atoms with E-state index in [2.05, 4.69) is 0 Å². The highest BCUT2D eigenvalue weighted by Crippen LogP contribution is 2.15. The van der Waals surface area contributed by atoms with E-state index in [-0.39, 0.29) is 12.5 Å². The molecule has 1 rings (SSSR count). The van der Waals surface area contributed by atoms with Gasteiger partial charge < -0.3 is 4.74 Å². The Morgan fingerprint density at radius 2 is 2.07 bits per heavy atom. The van der Waals surface area contributed by atoms with Gasteiger partial charge in [-0.15, -0.1) is 0 Å². The topological polar surface area (TPSA) is 38.8 Å². The number of hydrogen-bond acceptors (Lipinski definition) is 3. The molecule has 0 heterocycles. The highest BCUT2D eigenvalue weighted by Gasteiger charge is 2.08. The molecule has 0 radical (unpaired) electrons. The van der Waals surface area contributed by atoms with Crippen molar-refractivity contribution < 1.29 is 14.4 Å². The summed E-state index contributed by atoms with van der Waals surface area (Å²) in [6.07, 6.45) is 0. The van der Waals surface area contributed by atoms with Crippen LogP contribution in [0.15, 0.2) is 24.3 Å². The molecule has 0 unspecified atom stereocenters. The molecule has 15 heavy (non-hydrogen) atoms. The second kappa shape index (κ2) is 5.36. The Kier molecular flexibility index (Phi) is 4.12. The van der Waals surface area contributed by atoms with Crippen molar-refractivity contribution in [2.24, 2.45) is 0 Å². The predicted molar refractivity (Wildman–Crippen MR) is 56.5 cm³/mol. The van der Waals surface area contributed by atoms with Gasteiger partial charge in [0, 0.05) is 7.05 Å². The van der Waals surface area contributed by atoms with Crippen molar-refractivity contribution in [1.82, 2.24) is 5.06 Å². The van der Waals surface area contributed by atoms with Gasteiger partial charge in [-0.3, -0.25) is 9.63 Å². The zero-order valence-corrected chi connectivity index (χ0v) is 9.19. The minimum atomic E-state index is -0.222. The average molecular weight is 209 g/mol. The van der Waals surface area contributed by atoms with Gasteiger partial charge in [0.2, 0.25) is 0 Å². The highest BCUT2D eigenvalue weighted by molar-refractivity contribution is 5.76. The van der Waals surface area contributed by atoms with Gasteiger partial charge >= 0.3 is 0 Å². The first-order chi connectivity index (χ1) is 7.15. The van der Waals surface area contributed by atoms with Crippen molar-refractivity contribution in [3.05, 3.63) is 29.8 Å². The summed E-state index contributed by atoms with van der Waals surface area (Å²) in [5.74, 6) is 0.496. The fraction of sp³-hybridized carbons (Fsp3) is 0.364. The highest BCUT2D eigenvalue weighted by atomic mass is 16.7. The van der Waals surface area contributed by atoms with Crippen molar-refractivity contribution in [2.75, 3.05) is 20.8 Å². The summed E-state index contributed by atoms with van der Waals surface area (Å²) in [4.78, 5) is 16.1. The molecule has 0 bridgehead atoms. The Bertz CT molecular complexity index is 338. The van der Waals surface area contributed by atoms with E-state index >= 15 is 0 Å². The number of rotatable bonds is 4. The van der Waals surface area contributed by atoms with Crippen LogP contribution in [0.4, 0.5) is 0 Å². The van der Waals surface area contributed by atoms with Crippen LogP contribution >= 0.6 is 0 Å². The monoisotopic (exact) mass is 209 g/mol. The lowest BCUT2D eigenvalue weighted by molar-refractivity contribution is -0.170. The Balaban J connectivity index is 2.51. The minimum Gasteiger partial charge on any atom is -0.483 e. The van der Waals surface area contributed by atoms with E-state index in [1.165, 1.54) is 7.11 Å². The SMILES string of the molecule is CON(C)C(=O)COc1ccccc1C. The number of carbonyl (C=O) groups is 1. The van der Waals surface area contributed by atoms with E-state index in [9.17, 15) is 4.79 Å². The van der Waals surface area contributed by atoms with E-state index in [0.29, 0.717) is 0 Å². The van der Waals surface area contributed by atoms with Crippen LogP contribution < -0.4 is 4.74 Å². The lowest BCUT2D eigenvalue weighted by atomic mass is 10.2. The van der Waals surface area contributed by atoms with E-state index in [1.54, 1.807) is 7.05 Å². The van der Waals surface area contributed by atoms with Crippen LogP contribution in [0.3, 0.4) is 0 Å². The molecule has 1 aromatic rings. The molecule has 0 aliphatic carbocycles. The maximum Gasteiger partial charge on any atom is 0.283 e. The fourth-order valence-corrected chi connectivity index (χ4v) is 1.05. The van der Waals surface area contributed by atoms with Crippen LogP contribution in [0.2, 0.25) is 0 Å². The average Bonchev–Trinajstić information content (AvgIpc) is 2.26. The molecule has 1 amide bonds. The predicted octanol–water partition coefficient (Wildman–Crippen LogP) is 1.39. The third-order valence-electron chi connectivity index (χ3n) is 2.07. The van der Waals surface area contributed by atoms with Gasteiger partial charge in [-0.25, -0.2) is 5.06 Å². The van der Waals surface area contributed by atoms with Crippen LogP contribution in [-0.4, -0.2) is 31.7 Å². The number of aryl methyl sites for hydroxylation is 1. The van der Waals surface area contributed by atoms with Gasteiger partial charge in [-0.2, -0.15) is 0 Å². The molecule has 0 saturated carbocycles. The lowest BCUT2D eigenvalue weighted by Gasteiger charge is -2.14. The van der Waals surface area contributed by atoms with Crippen molar-refractivity contribution in [1.29, 1.82) is 0 Å². The molecule has 0 fully saturated rings. The largest absolute Gasteiger partial charge is 0.483 e. The summed E-state index contributed by atoms with van der Waals surface area (Å²) in [5, 5.41) is 1.14. The van der Waals surface area contributed by atoms with Crippen LogP contribution in [0.5, 0.6) is 5.75 Å². The number of carbonyl (C=O) groups excluding carboxylic acids is 1. The van der Waals surface area contributed by atoms with E-state index < -0.39 is 0 Å². The normalized spacial score (nSPS) is 9.80. The number of likely N-dealkylation sites (N-methyl/N-ethyl adjacent to an activating group) is 1. The van der Waals surface area contributed by atoms with Gasteiger partial charge in [-0.05, 0) is 18.6 Å². The maximum absolute atomic E-state index is 11.3. The molecule has 0 aromatic heterocycles. The second-order valence-electron chi connectivity index (χ2n) is 3.13. The zero-order valence-electron chi connectivity index (χ0n) is 9.19. The molecule has 0 aliphatic rings. The van der Waals surface area contributed by atoms with Gasteiger partial charge in [-0.1, -0.05) is 18.2 Å². The quantitative estimate of drug-likeness (QED) is 0.703. The van der Waals surface area contributed by atoms with Crippen molar-refractivity contribution in [2.45, 2.75) is 6.92 Å². The summed E-state index contributed by atoms with van der Waals surface area (Å²) in [6.45, 7) is 1.91. The summed E-state index contributed by atoms with van der Waals surface area (Å²) in [5.41, 5.74) is 1.00. The molecule has 0 aliphatic heterocycles. The summed E-state index contributed by atoms with van der Waals surface area (Å²) in [7, 11) is 2.98. The summed E-state index contributed by atoms with van der Waals surface area (Å²) >= 11 is 0. The number of benzene rings is 1. The van der Waals surface area contributed by atoms with Crippen molar-refractivity contribution in [3.8, 4) is 5.75 Å². The summed E-state index contributed by atoms with van der Waals surface area (Å²) in [6, 6.07) is 7.55. The van der Waals surface area contributed by atoms with Gasteiger partial charge in [0.05, 0.1) is 7.11 Å².